The fraction of sp³-hybridized carbons (Fsp3) is 0.579. The molecule has 0 saturated heterocycles. The van der Waals surface area contributed by atoms with Gasteiger partial charge in [-0.3, -0.25) is 9.59 Å². The molecule has 0 saturated carbocycles. The molecule has 2 N–H and O–H groups in total. The summed E-state index contributed by atoms with van der Waals surface area (Å²) in [4.78, 5) is 24.1. The summed E-state index contributed by atoms with van der Waals surface area (Å²) in [5.41, 5.74) is 1.70. The molecule has 0 bridgehead atoms. The largest absolute Gasteiger partial charge is 0.383 e. The Balaban J connectivity index is 2.51. The zero-order chi connectivity index (χ0) is 17.8. The van der Waals surface area contributed by atoms with Crippen LogP contribution in [0.3, 0.4) is 0 Å². The van der Waals surface area contributed by atoms with Crippen molar-refractivity contribution in [2.75, 3.05) is 25.6 Å². The van der Waals surface area contributed by atoms with Crippen LogP contribution in [0.5, 0.6) is 0 Å². The molecule has 0 fully saturated rings. The first-order valence-corrected chi connectivity index (χ1v) is 8.76. The molecule has 5 heteroatoms. The second-order valence-corrected chi connectivity index (χ2v) is 5.98. The lowest BCUT2D eigenvalue weighted by Crippen LogP contribution is -2.28. The Morgan fingerprint density at radius 1 is 1.08 bits per heavy atom. The van der Waals surface area contributed by atoms with Crippen molar-refractivity contribution in [1.82, 2.24) is 5.32 Å². The fourth-order valence-electron chi connectivity index (χ4n) is 2.59. The van der Waals surface area contributed by atoms with Crippen LogP contribution in [0.1, 0.15) is 45.1 Å². The number of rotatable bonds is 11. The van der Waals surface area contributed by atoms with Crippen molar-refractivity contribution < 1.29 is 14.3 Å². The average Bonchev–Trinajstić information content (AvgIpc) is 2.56. The van der Waals surface area contributed by atoms with Gasteiger partial charge in [-0.2, -0.15) is 0 Å². The molecule has 0 spiro atoms. The number of amides is 2. The maximum absolute atomic E-state index is 12.3. The summed E-state index contributed by atoms with van der Waals surface area (Å²) in [5.74, 6) is 0.129. The van der Waals surface area contributed by atoms with Crippen LogP contribution in [0.4, 0.5) is 5.69 Å². The van der Waals surface area contributed by atoms with Gasteiger partial charge in [0.15, 0.2) is 0 Å². The topological polar surface area (TPSA) is 67.4 Å². The monoisotopic (exact) mass is 334 g/mol. The second-order valence-electron chi connectivity index (χ2n) is 5.98. The van der Waals surface area contributed by atoms with Gasteiger partial charge in [-0.25, -0.2) is 0 Å². The van der Waals surface area contributed by atoms with Crippen LogP contribution in [0, 0.1) is 5.92 Å². The normalized spacial score (nSPS) is 10.7. The number of anilines is 1. The Bertz CT molecular complexity index is 494. The van der Waals surface area contributed by atoms with Crippen LogP contribution in [0.2, 0.25) is 0 Å². The highest BCUT2D eigenvalue weighted by atomic mass is 16.5. The average molecular weight is 334 g/mol. The van der Waals surface area contributed by atoms with Crippen LogP contribution in [-0.2, 0) is 20.7 Å². The lowest BCUT2D eigenvalue weighted by Gasteiger charge is -2.15. The third-order valence-corrected chi connectivity index (χ3v) is 3.86. The standard InChI is InChI=1S/C19H30N2O3/c1-4-6-16(7-5-2)19(23)21-17-10-8-15(9-11-17)14-18(22)20-12-13-24-3/h8-11,16H,4-7,12-14H2,1-3H3,(H,20,22)(H,21,23). The second kappa shape index (κ2) is 11.6. The number of hydrogen-bond donors (Lipinski definition) is 2. The van der Waals surface area contributed by atoms with Crippen molar-refractivity contribution in [2.24, 2.45) is 5.92 Å². The van der Waals surface area contributed by atoms with Gasteiger partial charge < -0.3 is 15.4 Å². The smallest absolute Gasteiger partial charge is 0.227 e. The van der Waals surface area contributed by atoms with Gasteiger partial charge >= 0.3 is 0 Å². The molecular weight excluding hydrogens is 304 g/mol. The Hall–Kier alpha value is -1.88. The molecule has 134 valence electrons. The van der Waals surface area contributed by atoms with Gasteiger partial charge in [0.2, 0.25) is 11.8 Å². The van der Waals surface area contributed by atoms with E-state index < -0.39 is 0 Å². The van der Waals surface area contributed by atoms with E-state index in [9.17, 15) is 9.59 Å². The number of hydrogen-bond acceptors (Lipinski definition) is 3. The van der Waals surface area contributed by atoms with Crippen LogP contribution in [0.15, 0.2) is 24.3 Å². The number of carbonyl (C=O) groups is 2. The molecule has 0 aliphatic carbocycles. The molecule has 0 aliphatic rings. The van der Waals surface area contributed by atoms with Crippen LogP contribution < -0.4 is 10.6 Å². The minimum absolute atomic E-state index is 0.0326. The van der Waals surface area contributed by atoms with Crippen molar-refractivity contribution in [3.63, 3.8) is 0 Å². The van der Waals surface area contributed by atoms with Crippen LogP contribution in [0.25, 0.3) is 0 Å². The summed E-state index contributed by atoms with van der Waals surface area (Å²) >= 11 is 0. The Morgan fingerprint density at radius 3 is 2.25 bits per heavy atom. The highest BCUT2D eigenvalue weighted by Crippen LogP contribution is 2.17. The number of methoxy groups -OCH3 is 1. The molecule has 1 rings (SSSR count). The first-order chi connectivity index (χ1) is 11.6. The lowest BCUT2D eigenvalue weighted by atomic mass is 9.97. The lowest BCUT2D eigenvalue weighted by molar-refractivity contribution is -0.121. The van der Waals surface area contributed by atoms with E-state index in [0.717, 1.165) is 36.9 Å². The van der Waals surface area contributed by atoms with E-state index in [1.807, 2.05) is 24.3 Å². The summed E-state index contributed by atoms with van der Waals surface area (Å²) in [6.45, 7) is 5.22. The molecule has 0 aromatic heterocycles. The summed E-state index contributed by atoms with van der Waals surface area (Å²) in [6, 6.07) is 7.45. The van der Waals surface area contributed by atoms with E-state index in [0.29, 0.717) is 19.6 Å². The van der Waals surface area contributed by atoms with Gasteiger partial charge in [-0.05, 0) is 30.5 Å². The molecule has 1 aromatic carbocycles. The van der Waals surface area contributed by atoms with Crippen LogP contribution >= 0.6 is 0 Å². The van der Waals surface area contributed by atoms with Crippen molar-refractivity contribution in [2.45, 2.75) is 46.0 Å². The SMILES string of the molecule is CCCC(CCC)C(=O)Nc1ccc(CC(=O)NCCOC)cc1. The maximum Gasteiger partial charge on any atom is 0.227 e. The van der Waals surface area contributed by atoms with E-state index in [4.69, 9.17) is 4.74 Å². The molecular formula is C19H30N2O3. The predicted octanol–water partition coefficient (Wildman–Crippen LogP) is 3.15. The van der Waals surface area contributed by atoms with Crippen LogP contribution in [-0.4, -0.2) is 32.1 Å². The van der Waals surface area contributed by atoms with E-state index in [1.54, 1.807) is 7.11 Å². The number of benzene rings is 1. The van der Waals surface area contributed by atoms with Gasteiger partial charge in [-0.1, -0.05) is 38.8 Å². The van der Waals surface area contributed by atoms with Gasteiger partial charge in [0.25, 0.3) is 0 Å². The van der Waals surface area contributed by atoms with E-state index in [-0.39, 0.29) is 17.7 Å². The third-order valence-electron chi connectivity index (χ3n) is 3.86. The molecule has 0 heterocycles. The van der Waals surface area contributed by atoms with Crippen molar-refractivity contribution >= 4 is 17.5 Å². The number of carbonyl (C=O) groups excluding carboxylic acids is 2. The highest BCUT2D eigenvalue weighted by molar-refractivity contribution is 5.92. The Kier molecular flexibility index (Phi) is 9.77. The maximum atomic E-state index is 12.3. The van der Waals surface area contributed by atoms with E-state index in [2.05, 4.69) is 24.5 Å². The first-order valence-electron chi connectivity index (χ1n) is 8.76. The Morgan fingerprint density at radius 2 is 1.71 bits per heavy atom. The van der Waals surface area contributed by atoms with Gasteiger partial charge in [0.05, 0.1) is 13.0 Å². The minimum Gasteiger partial charge on any atom is -0.383 e. The van der Waals surface area contributed by atoms with Gasteiger partial charge in [0, 0.05) is 25.3 Å². The van der Waals surface area contributed by atoms with Crippen molar-refractivity contribution in [3.8, 4) is 0 Å². The van der Waals surface area contributed by atoms with Gasteiger partial charge in [-0.15, -0.1) is 0 Å². The summed E-state index contributed by atoms with van der Waals surface area (Å²) in [7, 11) is 1.60. The zero-order valence-electron chi connectivity index (χ0n) is 15.1. The molecule has 1 aromatic rings. The summed E-state index contributed by atoms with van der Waals surface area (Å²) in [6.07, 6.45) is 4.18. The molecule has 0 atom stereocenters. The molecule has 24 heavy (non-hydrogen) atoms. The van der Waals surface area contributed by atoms with Crippen molar-refractivity contribution in [1.29, 1.82) is 0 Å². The van der Waals surface area contributed by atoms with E-state index in [1.165, 1.54) is 0 Å². The van der Waals surface area contributed by atoms with E-state index >= 15 is 0 Å². The molecule has 0 unspecified atom stereocenters. The highest BCUT2D eigenvalue weighted by Gasteiger charge is 2.16. The number of ether oxygens (including phenoxy) is 1. The Labute approximate surface area is 145 Å². The first kappa shape index (κ1) is 20.2. The third kappa shape index (κ3) is 7.59. The molecule has 5 nitrogen and oxygen atoms in total. The molecule has 2 amide bonds. The molecule has 0 aliphatic heterocycles. The molecule has 0 radical (unpaired) electrons. The summed E-state index contributed by atoms with van der Waals surface area (Å²) in [5, 5.41) is 5.77. The summed E-state index contributed by atoms with van der Waals surface area (Å²) < 4.78 is 4.89. The van der Waals surface area contributed by atoms with Crippen molar-refractivity contribution in [3.05, 3.63) is 29.8 Å². The fourth-order valence-corrected chi connectivity index (χ4v) is 2.59. The number of nitrogens with one attached hydrogen (secondary N) is 2. The quantitative estimate of drug-likeness (QED) is 0.611. The van der Waals surface area contributed by atoms with Gasteiger partial charge in [0.1, 0.15) is 0 Å². The zero-order valence-corrected chi connectivity index (χ0v) is 15.1. The predicted molar refractivity (Wildman–Crippen MR) is 97.0 cm³/mol. The minimum atomic E-state index is -0.0326.